The van der Waals surface area contributed by atoms with Crippen molar-refractivity contribution in [3.63, 3.8) is 0 Å². The summed E-state index contributed by atoms with van der Waals surface area (Å²) in [5.41, 5.74) is -0.607. The van der Waals surface area contributed by atoms with E-state index in [1.807, 2.05) is 6.92 Å². The number of amides is 2. The molecular weight excluding hydrogens is 430 g/mol. The molecule has 0 aliphatic heterocycles. The van der Waals surface area contributed by atoms with E-state index in [1.165, 1.54) is 0 Å². The topological polar surface area (TPSA) is 121 Å². The van der Waals surface area contributed by atoms with E-state index in [9.17, 15) is 23.2 Å². The molecule has 1 aromatic heterocycles. The minimum atomic E-state index is -0.977. The van der Waals surface area contributed by atoms with Crippen LogP contribution < -0.4 is 10.6 Å². The van der Waals surface area contributed by atoms with Gasteiger partial charge in [0.05, 0.1) is 12.8 Å². The minimum Gasteiger partial charge on any atom is -0.481 e. The van der Waals surface area contributed by atoms with Crippen LogP contribution in [-0.4, -0.2) is 39.1 Å². The molecule has 1 heterocycles. The van der Waals surface area contributed by atoms with Crippen molar-refractivity contribution in [2.75, 3.05) is 5.32 Å². The number of nitrogens with zero attached hydrogens (tertiary/aromatic N) is 2. The average Bonchev–Trinajstić information content (AvgIpc) is 3.08. The summed E-state index contributed by atoms with van der Waals surface area (Å²) in [6, 6.07) is 1.94. The second-order valence-electron chi connectivity index (χ2n) is 7.72. The SMILES string of the molecule is CCCC(NC(=O)Cc1cc(F)cc(F)c1)C(=O)Nc1nnc(C(C)(C)CC(=O)O)s1. The Morgan fingerprint density at radius 1 is 1.16 bits per heavy atom. The normalized spacial score (nSPS) is 12.3. The molecule has 0 saturated heterocycles. The molecule has 2 rings (SSSR count). The van der Waals surface area contributed by atoms with Crippen molar-refractivity contribution in [1.29, 1.82) is 0 Å². The van der Waals surface area contributed by atoms with Gasteiger partial charge in [-0.1, -0.05) is 38.5 Å². The van der Waals surface area contributed by atoms with Crippen molar-refractivity contribution in [3.8, 4) is 0 Å². The first-order valence-corrected chi connectivity index (χ1v) is 10.4. The van der Waals surface area contributed by atoms with Crippen LogP contribution in [0.1, 0.15) is 50.6 Å². The summed E-state index contributed by atoms with van der Waals surface area (Å²) in [4.78, 5) is 35.9. The fourth-order valence-electron chi connectivity index (χ4n) is 2.89. The highest BCUT2D eigenvalue weighted by Gasteiger charge is 2.29. The molecule has 11 heteroatoms. The Hall–Kier alpha value is -2.95. The lowest BCUT2D eigenvalue weighted by atomic mass is 9.90. The molecule has 8 nitrogen and oxygen atoms in total. The molecule has 0 aliphatic rings. The molecular formula is C20H24F2N4O4S. The molecule has 168 valence electrons. The molecule has 1 atom stereocenters. The number of carbonyl (C=O) groups excluding carboxylic acids is 2. The quantitative estimate of drug-likeness (QED) is 0.507. The zero-order chi connectivity index (χ0) is 23.2. The number of nitrogens with one attached hydrogen (secondary N) is 2. The van der Waals surface area contributed by atoms with E-state index >= 15 is 0 Å². The second-order valence-corrected chi connectivity index (χ2v) is 8.70. The zero-order valence-corrected chi connectivity index (χ0v) is 18.2. The zero-order valence-electron chi connectivity index (χ0n) is 17.4. The van der Waals surface area contributed by atoms with Crippen molar-refractivity contribution >= 4 is 34.3 Å². The molecule has 0 fully saturated rings. The van der Waals surface area contributed by atoms with E-state index in [1.54, 1.807) is 13.8 Å². The van der Waals surface area contributed by atoms with Gasteiger partial charge in [0, 0.05) is 11.5 Å². The second kappa shape index (κ2) is 10.4. The van der Waals surface area contributed by atoms with E-state index in [0.29, 0.717) is 23.9 Å². The van der Waals surface area contributed by atoms with Gasteiger partial charge in [-0.2, -0.15) is 0 Å². The van der Waals surface area contributed by atoms with Gasteiger partial charge in [-0.15, -0.1) is 10.2 Å². The minimum absolute atomic E-state index is 0.148. The van der Waals surface area contributed by atoms with Gasteiger partial charge in [-0.3, -0.25) is 19.7 Å². The van der Waals surface area contributed by atoms with Gasteiger partial charge in [0.15, 0.2) is 0 Å². The third kappa shape index (κ3) is 7.35. The molecule has 2 aromatic rings. The van der Waals surface area contributed by atoms with Crippen LogP contribution in [0.3, 0.4) is 0 Å². The Bertz CT molecular complexity index is 944. The molecule has 0 aliphatic carbocycles. The van der Waals surface area contributed by atoms with Gasteiger partial charge >= 0.3 is 5.97 Å². The van der Waals surface area contributed by atoms with Crippen molar-refractivity contribution in [2.24, 2.45) is 0 Å². The van der Waals surface area contributed by atoms with Crippen LogP contribution in [0.5, 0.6) is 0 Å². The maximum atomic E-state index is 13.3. The fourth-order valence-corrected chi connectivity index (χ4v) is 3.74. The number of halogens is 2. The highest BCUT2D eigenvalue weighted by molar-refractivity contribution is 7.15. The highest BCUT2D eigenvalue weighted by Crippen LogP contribution is 2.31. The number of carboxylic acid groups (broad SMARTS) is 1. The van der Waals surface area contributed by atoms with Gasteiger partial charge in [0.1, 0.15) is 22.7 Å². The summed E-state index contributed by atoms with van der Waals surface area (Å²) < 4.78 is 26.6. The molecule has 1 aromatic carbocycles. The Balaban J connectivity index is 2.03. The molecule has 3 N–H and O–H groups in total. The lowest BCUT2D eigenvalue weighted by molar-refractivity contribution is -0.138. The van der Waals surface area contributed by atoms with Crippen molar-refractivity contribution in [1.82, 2.24) is 15.5 Å². The molecule has 0 spiro atoms. The van der Waals surface area contributed by atoms with Gasteiger partial charge in [-0.25, -0.2) is 8.78 Å². The van der Waals surface area contributed by atoms with Gasteiger partial charge in [0.2, 0.25) is 16.9 Å². The monoisotopic (exact) mass is 454 g/mol. The van der Waals surface area contributed by atoms with Crippen molar-refractivity contribution in [3.05, 3.63) is 40.4 Å². The predicted octanol–water partition coefficient (Wildman–Crippen LogP) is 3.03. The highest BCUT2D eigenvalue weighted by atomic mass is 32.1. The standard InChI is InChI=1S/C20H24F2N4O4S/c1-4-5-14(23-15(27)8-11-6-12(21)9-13(22)7-11)17(30)24-19-26-25-18(31-19)20(2,3)10-16(28)29/h6-7,9,14H,4-5,8,10H2,1-3H3,(H,23,27)(H,28,29)(H,24,26,30). The van der Waals surface area contributed by atoms with E-state index in [2.05, 4.69) is 20.8 Å². The number of aliphatic carboxylic acids is 1. The first-order chi connectivity index (χ1) is 14.5. The Morgan fingerprint density at radius 2 is 1.81 bits per heavy atom. The van der Waals surface area contributed by atoms with Gasteiger partial charge in [-0.05, 0) is 24.1 Å². The molecule has 31 heavy (non-hydrogen) atoms. The van der Waals surface area contributed by atoms with Crippen LogP contribution >= 0.6 is 11.3 Å². The Kier molecular flexibility index (Phi) is 8.14. The Labute approximate surface area is 182 Å². The number of carboxylic acids is 1. The first kappa shape index (κ1) is 24.3. The number of hydrogen-bond acceptors (Lipinski definition) is 6. The summed E-state index contributed by atoms with van der Waals surface area (Å²) in [5, 5.41) is 22.7. The molecule has 0 saturated carbocycles. The number of aromatic nitrogens is 2. The van der Waals surface area contributed by atoms with Crippen LogP contribution in [0, 0.1) is 11.6 Å². The van der Waals surface area contributed by atoms with E-state index in [0.717, 1.165) is 23.5 Å². The summed E-state index contributed by atoms with van der Waals surface area (Å²) >= 11 is 1.06. The van der Waals surface area contributed by atoms with Crippen molar-refractivity contribution < 1.29 is 28.3 Å². The van der Waals surface area contributed by atoms with E-state index < -0.39 is 40.9 Å². The first-order valence-electron chi connectivity index (χ1n) is 9.61. The Morgan fingerprint density at radius 3 is 2.39 bits per heavy atom. The number of rotatable bonds is 10. The van der Waals surface area contributed by atoms with Gasteiger partial charge in [0.25, 0.3) is 0 Å². The number of carbonyl (C=O) groups is 3. The largest absolute Gasteiger partial charge is 0.481 e. The third-order valence-corrected chi connectivity index (χ3v) is 5.55. The maximum Gasteiger partial charge on any atom is 0.304 e. The summed E-state index contributed by atoms with van der Waals surface area (Å²) in [7, 11) is 0. The van der Waals surface area contributed by atoms with Crippen LogP contribution in [0.4, 0.5) is 13.9 Å². The molecule has 0 bridgehead atoms. The number of anilines is 1. The molecule has 2 amide bonds. The van der Waals surface area contributed by atoms with Gasteiger partial charge < -0.3 is 10.4 Å². The summed E-state index contributed by atoms with van der Waals surface area (Å²) in [6.45, 7) is 5.26. The van der Waals surface area contributed by atoms with Crippen LogP contribution in [0.2, 0.25) is 0 Å². The fraction of sp³-hybridized carbons (Fsp3) is 0.450. The average molecular weight is 454 g/mol. The van der Waals surface area contributed by atoms with E-state index in [4.69, 9.17) is 5.11 Å². The van der Waals surface area contributed by atoms with Crippen LogP contribution in [-0.2, 0) is 26.2 Å². The van der Waals surface area contributed by atoms with Crippen LogP contribution in [0.15, 0.2) is 18.2 Å². The van der Waals surface area contributed by atoms with Crippen LogP contribution in [0.25, 0.3) is 0 Å². The number of hydrogen-bond donors (Lipinski definition) is 3. The lowest BCUT2D eigenvalue weighted by Gasteiger charge is -2.18. The van der Waals surface area contributed by atoms with Crippen molar-refractivity contribution in [2.45, 2.75) is 57.9 Å². The number of benzene rings is 1. The predicted molar refractivity (Wildman–Crippen MR) is 111 cm³/mol. The lowest BCUT2D eigenvalue weighted by Crippen LogP contribution is -2.44. The summed E-state index contributed by atoms with van der Waals surface area (Å²) in [6.07, 6.45) is 0.504. The molecule has 0 radical (unpaired) electrons. The third-order valence-electron chi connectivity index (χ3n) is 4.34. The maximum absolute atomic E-state index is 13.3. The smallest absolute Gasteiger partial charge is 0.304 e. The summed E-state index contributed by atoms with van der Waals surface area (Å²) in [5.74, 6) is -3.62. The molecule has 1 unspecified atom stereocenters. The van der Waals surface area contributed by atoms with E-state index in [-0.39, 0.29) is 23.5 Å².